The number of amides is 1. The van der Waals surface area contributed by atoms with Gasteiger partial charge in [0.15, 0.2) is 5.17 Å². The molecule has 3 rings (SSSR count). The molecule has 5 nitrogen and oxygen atoms in total. The molecule has 2 saturated heterocycles. The normalized spacial score (nSPS) is 23.6. The van der Waals surface area contributed by atoms with Crippen LogP contribution in [-0.2, 0) is 11.3 Å². The third-order valence-corrected chi connectivity index (χ3v) is 5.81. The maximum absolute atomic E-state index is 11.2. The SMILES string of the molecule is Cc1cc(C=NN=C2NC(=O)CS2)c(C)c(CN2CCCCC2C)c1. The van der Waals surface area contributed by atoms with Crippen LogP contribution in [0, 0.1) is 13.8 Å². The Labute approximate surface area is 154 Å². The Morgan fingerprint density at radius 3 is 2.92 bits per heavy atom. The number of amidine groups is 1. The smallest absolute Gasteiger partial charge is 0.236 e. The van der Waals surface area contributed by atoms with E-state index in [0.717, 1.165) is 12.1 Å². The van der Waals surface area contributed by atoms with Gasteiger partial charge in [0.1, 0.15) is 0 Å². The molecular formula is C19H26N4OS. The summed E-state index contributed by atoms with van der Waals surface area (Å²) >= 11 is 1.39. The number of piperidine rings is 1. The van der Waals surface area contributed by atoms with Gasteiger partial charge in [-0.2, -0.15) is 5.10 Å². The van der Waals surface area contributed by atoms with Crippen molar-refractivity contribution in [3.05, 3.63) is 34.4 Å². The zero-order valence-electron chi connectivity index (χ0n) is 15.2. The molecule has 1 aromatic rings. The van der Waals surface area contributed by atoms with Crippen LogP contribution < -0.4 is 5.32 Å². The van der Waals surface area contributed by atoms with E-state index in [0.29, 0.717) is 17.0 Å². The average molecular weight is 359 g/mol. The van der Waals surface area contributed by atoms with Crippen LogP contribution in [-0.4, -0.2) is 40.5 Å². The Balaban J connectivity index is 1.76. The van der Waals surface area contributed by atoms with E-state index in [4.69, 9.17) is 0 Å². The summed E-state index contributed by atoms with van der Waals surface area (Å²) < 4.78 is 0. The molecule has 2 fully saturated rings. The van der Waals surface area contributed by atoms with Crippen molar-refractivity contribution in [3.8, 4) is 0 Å². The van der Waals surface area contributed by atoms with Crippen molar-refractivity contribution < 1.29 is 4.79 Å². The predicted octanol–water partition coefficient (Wildman–Crippen LogP) is 3.23. The highest BCUT2D eigenvalue weighted by Gasteiger charge is 2.19. The van der Waals surface area contributed by atoms with Gasteiger partial charge in [0, 0.05) is 12.6 Å². The second-order valence-corrected chi connectivity index (χ2v) is 7.90. The number of thioether (sulfide) groups is 1. The molecular weight excluding hydrogens is 332 g/mol. The van der Waals surface area contributed by atoms with Gasteiger partial charge in [0.2, 0.25) is 5.91 Å². The minimum Gasteiger partial charge on any atom is -0.303 e. The third-order valence-electron chi connectivity index (χ3n) is 4.95. The van der Waals surface area contributed by atoms with Gasteiger partial charge in [0.25, 0.3) is 0 Å². The summed E-state index contributed by atoms with van der Waals surface area (Å²) in [7, 11) is 0. The first-order valence-corrected chi connectivity index (χ1v) is 9.89. The van der Waals surface area contributed by atoms with Crippen molar-refractivity contribution in [2.24, 2.45) is 10.2 Å². The van der Waals surface area contributed by atoms with Crippen LogP contribution in [0.3, 0.4) is 0 Å². The Kier molecular flexibility index (Phi) is 5.91. The zero-order valence-corrected chi connectivity index (χ0v) is 16.0. The lowest BCUT2D eigenvalue weighted by atomic mass is 9.97. The van der Waals surface area contributed by atoms with E-state index in [1.165, 1.54) is 54.3 Å². The lowest BCUT2D eigenvalue weighted by Gasteiger charge is -2.34. The van der Waals surface area contributed by atoms with Gasteiger partial charge in [-0.05, 0) is 56.8 Å². The summed E-state index contributed by atoms with van der Waals surface area (Å²) in [5.74, 6) is 0.416. The van der Waals surface area contributed by atoms with Crippen LogP contribution in [0.25, 0.3) is 0 Å². The second-order valence-electron chi connectivity index (χ2n) is 6.94. The van der Waals surface area contributed by atoms with Crippen LogP contribution in [0.4, 0.5) is 0 Å². The Bertz CT molecular complexity index is 714. The van der Waals surface area contributed by atoms with E-state index in [1.807, 2.05) is 0 Å². The van der Waals surface area contributed by atoms with Crippen LogP contribution in [0.1, 0.15) is 48.4 Å². The van der Waals surface area contributed by atoms with Gasteiger partial charge < -0.3 is 5.32 Å². The number of carbonyl (C=O) groups is 1. The molecule has 6 heteroatoms. The molecule has 2 heterocycles. The van der Waals surface area contributed by atoms with Crippen molar-refractivity contribution in [2.75, 3.05) is 12.3 Å². The first-order valence-electron chi connectivity index (χ1n) is 8.91. The molecule has 134 valence electrons. The summed E-state index contributed by atoms with van der Waals surface area (Å²) in [5, 5.41) is 11.5. The van der Waals surface area contributed by atoms with E-state index in [9.17, 15) is 4.79 Å². The van der Waals surface area contributed by atoms with E-state index in [1.54, 1.807) is 6.21 Å². The maximum atomic E-state index is 11.2. The zero-order chi connectivity index (χ0) is 17.8. The fraction of sp³-hybridized carbons (Fsp3) is 0.526. The van der Waals surface area contributed by atoms with Crippen LogP contribution in [0.15, 0.2) is 22.3 Å². The van der Waals surface area contributed by atoms with Gasteiger partial charge in [-0.15, -0.1) is 5.10 Å². The van der Waals surface area contributed by atoms with Crippen LogP contribution in [0.5, 0.6) is 0 Å². The summed E-state index contributed by atoms with van der Waals surface area (Å²) in [6.45, 7) is 8.79. The van der Waals surface area contributed by atoms with E-state index in [-0.39, 0.29) is 5.91 Å². The van der Waals surface area contributed by atoms with Crippen molar-refractivity contribution in [1.82, 2.24) is 10.2 Å². The van der Waals surface area contributed by atoms with Crippen molar-refractivity contribution in [1.29, 1.82) is 0 Å². The Morgan fingerprint density at radius 2 is 2.20 bits per heavy atom. The van der Waals surface area contributed by atoms with Gasteiger partial charge >= 0.3 is 0 Å². The average Bonchev–Trinajstić information content (AvgIpc) is 2.99. The molecule has 0 saturated carbocycles. The van der Waals surface area contributed by atoms with E-state index < -0.39 is 0 Å². The number of rotatable bonds is 4. The van der Waals surface area contributed by atoms with Gasteiger partial charge in [-0.1, -0.05) is 35.9 Å². The summed E-state index contributed by atoms with van der Waals surface area (Å²) in [4.78, 5) is 13.8. The van der Waals surface area contributed by atoms with Crippen molar-refractivity contribution in [2.45, 2.75) is 52.6 Å². The lowest BCUT2D eigenvalue weighted by Crippen LogP contribution is -2.37. The molecule has 2 aliphatic rings. The molecule has 0 spiro atoms. The summed E-state index contributed by atoms with van der Waals surface area (Å²) in [6.07, 6.45) is 5.73. The van der Waals surface area contributed by atoms with Crippen molar-refractivity contribution >= 4 is 29.1 Å². The minimum atomic E-state index is -0.0105. The fourth-order valence-corrected chi connectivity index (χ4v) is 4.03. The maximum Gasteiger partial charge on any atom is 0.236 e. The third kappa shape index (κ3) is 4.70. The number of hydrogen-bond acceptors (Lipinski definition) is 5. The Morgan fingerprint density at radius 1 is 1.36 bits per heavy atom. The quantitative estimate of drug-likeness (QED) is 0.664. The van der Waals surface area contributed by atoms with Crippen LogP contribution >= 0.6 is 11.8 Å². The molecule has 1 atom stereocenters. The number of nitrogens with one attached hydrogen (secondary N) is 1. The fourth-order valence-electron chi connectivity index (χ4n) is 3.40. The highest BCUT2D eigenvalue weighted by molar-refractivity contribution is 8.15. The molecule has 1 aromatic carbocycles. The number of aryl methyl sites for hydroxylation is 1. The first-order chi connectivity index (χ1) is 12.0. The predicted molar refractivity (Wildman–Crippen MR) is 105 cm³/mol. The lowest BCUT2D eigenvalue weighted by molar-refractivity contribution is -0.116. The number of hydrogen-bond donors (Lipinski definition) is 1. The molecule has 1 N–H and O–H groups in total. The molecule has 0 bridgehead atoms. The monoisotopic (exact) mass is 358 g/mol. The van der Waals surface area contributed by atoms with Crippen LogP contribution in [0.2, 0.25) is 0 Å². The molecule has 0 aliphatic carbocycles. The largest absolute Gasteiger partial charge is 0.303 e. The minimum absolute atomic E-state index is 0.0105. The highest BCUT2D eigenvalue weighted by Crippen LogP contribution is 2.23. The van der Waals surface area contributed by atoms with Gasteiger partial charge in [-0.25, -0.2) is 0 Å². The molecule has 1 unspecified atom stereocenters. The number of benzene rings is 1. The highest BCUT2D eigenvalue weighted by atomic mass is 32.2. The molecule has 0 radical (unpaired) electrons. The molecule has 0 aromatic heterocycles. The second kappa shape index (κ2) is 8.15. The molecule has 2 aliphatic heterocycles. The van der Waals surface area contributed by atoms with Crippen molar-refractivity contribution in [3.63, 3.8) is 0 Å². The van der Waals surface area contributed by atoms with Gasteiger partial charge in [0.05, 0.1) is 12.0 Å². The van der Waals surface area contributed by atoms with E-state index in [2.05, 4.69) is 53.3 Å². The number of likely N-dealkylation sites (tertiary alicyclic amines) is 1. The topological polar surface area (TPSA) is 57.1 Å². The molecule has 25 heavy (non-hydrogen) atoms. The standard InChI is InChI=1S/C19H26N4OS/c1-13-8-16(10-20-22-19-21-18(24)12-25-19)15(3)17(9-13)11-23-7-5-4-6-14(23)2/h8-10,14H,4-7,11-12H2,1-3H3,(H,21,22,24). The van der Waals surface area contributed by atoms with E-state index >= 15 is 0 Å². The summed E-state index contributed by atoms with van der Waals surface area (Å²) in [5.41, 5.74) is 4.96. The first kappa shape index (κ1) is 18.1. The Hall–Kier alpha value is -1.66. The number of carbonyl (C=O) groups excluding carboxylic acids is 1. The molecule has 1 amide bonds. The van der Waals surface area contributed by atoms with Gasteiger partial charge in [-0.3, -0.25) is 9.69 Å². The number of nitrogens with zero attached hydrogens (tertiary/aromatic N) is 3. The summed E-state index contributed by atoms with van der Waals surface area (Å²) in [6, 6.07) is 5.08.